The van der Waals surface area contributed by atoms with Gasteiger partial charge in [0.1, 0.15) is 0 Å². The van der Waals surface area contributed by atoms with Gasteiger partial charge >= 0.3 is 0 Å². The molecule has 3 unspecified atom stereocenters. The van der Waals surface area contributed by atoms with Crippen molar-refractivity contribution in [1.82, 2.24) is 15.0 Å². The number of aryl methyl sites for hydroxylation is 6. The van der Waals surface area contributed by atoms with Gasteiger partial charge in [0.25, 0.3) is 0 Å². The summed E-state index contributed by atoms with van der Waals surface area (Å²) in [6.45, 7) is 67.7. The van der Waals surface area contributed by atoms with E-state index in [1.54, 1.807) is 23.4 Å². The topological polar surface area (TPSA) is 160 Å². The quantitative estimate of drug-likeness (QED) is 0.0197. The van der Waals surface area contributed by atoms with Crippen LogP contribution in [0.25, 0.3) is 66.5 Å². The zero-order valence-electron chi connectivity index (χ0n) is 75.9. The van der Waals surface area contributed by atoms with E-state index in [2.05, 4.69) is 304 Å². The molecule has 9 rings (SSSR count). The maximum atomic E-state index is 9.47. The van der Waals surface area contributed by atoms with Gasteiger partial charge in [0, 0.05) is 72.7 Å². The molecule has 0 fully saturated rings. The summed E-state index contributed by atoms with van der Waals surface area (Å²) in [5.74, 6) is 4.05. The fourth-order valence-corrected chi connectivity index (χ4v) is 32.2. The number of allylic oxidation sites excluding steroid dienone is 3. The van der Waals surface area contributed by atoms with Crippen molar-refractivity contribution in [2.24, 2.45) is 41.4 Å². The molecule has 0 saturated heterocycles. The minimum absolute atomic E-state index is 0. The molecule has 115 heavy (non-hydrogen) atoms. The van der Waals surface area contributed by atoms with Gasteiger partial charge in [0.15, 0.2) is 0 Å². The summed E-state index contributed by atoms with van der Waals surface area (Å²) >= 11 is 0. The largest absolute Gasteiger partial charge is 0.513 e. The van der Waals surface area contributed by atoms with E-state index in [-0.39, 0.29) is 83.7 Å². The van der Waals surface area contributed by atoms with E-state index in [0.29, 0.717) is 47.1 Å². The van der Waals surface area contributed by atoms with Crippen molar-refractivity contribution in [3.05, 3.63) is 214 Å². The first kappa shape index (κ1) is 108. The third kappa shape index (κ3) is 34.0. The number of rotatable bonds is 24. The normalized spacial score (nSPS) is 13.0. The molecule has 15 heteroatoms. The first-order valence-electron chi connectivity index (χ1n) is 41.6. The summed E-state index contributed by atoms with van der Waals surface area (Å²) in [6.07, 6.45) is 4.22. The van der Waals surface area contributed by atoms with Crippen LogP contribution in [-0.4, -0.2) is 88.1 Å². The Balaban J connectivity index is 0.000000727. The minimum atomic E-state index is -1.73. The molecule has 0 aliphatic rings. The molecule has 3 heterocycles. The number of aliphatic hydroxyl groups is 6. The molecule has 6 N–H and O–H groups in total. The molecular weight excluding hydrogens is 2000 g/mol. The van der Waals surface area contributed by atoms with Crippen LogP contribution in [0.5, 0.6) is 0 Å². The Morgan fingerprint density at radius 2 is 0.748 bits per heavy atom. The van der Waals surface area contributed by atoms with Gasteiger partial charge in [-0.1, -0.05) is 301 Å². The summed E-state index contributed by atoms with van der Waals surface area (Å²) in [5, 5.41) is 63.0. The van der Waals surface area contributed by atoms with Crippen LogP contribution in [0.3, 0.4) is 0 Å². The van der Waals surface area contributed by atoms with Crippen LogP contribution in [-0.2, 0) is 60.3 Å². The monoisotopic (exact) mass is 2150 g/mol. The second-order valence-corrected chi connectivity index (χ2v) is 51.9. The molecule has 0 aliphatic carbocycles. The molecule has 3 atom stereocenters. The molecule has 0 bridgehead atoms. The van der Waals surface area contributed by atoms with E-state index in [0.717, 1.165) is 79.2 Å². The maximum absolute atomic E-state index is 9.47. The van der Waals surface area contributed by atoms with Crippen molar-refractivity contribution in [1.29, 1.82) is 0 Å². The van der Waals surface area contributed by atoms with Crippen molar-refractivity contribution in [3.63, 3.8) is 0 Å². The number of aromatic nitrogens is 3. The predicted octanol–water partition coefficient (Wildman–Crippen LogP) is 25.8. The van der Waals surface area contributed by atoms with E-state index in [4.69, 9.17) is 25.2 Å². The van der Waals surface area contributed by atoms with Crippen LogP contribution in [0.4, 0.5) is 0 Å². The van der Waals surface area contributed by atoms with Gasteiger partial charge in [-0.3, -0.25) is 15.0 Å². The molecule has 9 nitrogen and oxygen atoms in total. The van der Waals surface area contributed by atoms with E-state index in [9.17, 15) is 20.4 Å². The molecule has 0 spiro atoms. The molecular formula is C100H146Ir3N3O6Si3-3. The smallest absolute Gasteiger partial charge is 0.0951 e. The third-order valence-electron chi connectivity index (χ3n) is 20.4. The second-order valence-electron chi connectivity index (χ2n) is 36.7. The third-order valence-corrected chi connectivity index (χ3v) is 35.9. The average molecular weight is 2150 g/mol. The molecule has 0 amide bonds. The van der Waals surface area contributed by atoms with Gasteiger partial charge in [-0.25, -0.2) is 0 Å². The van der Waals surface area contributed by atoms with Crippen LogP contribution in [0, 0.1) is 101 Å². The van der Waals surface area contributed by atoms with Gasteiger partial charge < -0.3 is 30.6 Å². The van der Waals surface area contributed by atoms with E-state index < -0.39 is 42.5 Å². The zero-order chi connectivity index (χ0) is 84.6. The molecule has 0 saturated carbocycles. The van der Waals surface area contributed by atoms with Crippen LogP contribution >= 0.6 is 0 Å². The molecule has 9 aromatic rings. The van der Waals surface area contributed by atoms with Crippen LogP contribution in [0.15, 0.2) is 163 Å². The number of fused-ring (bicyclic) bond motifs is 3. The number of hydrogen-bond donors (Lipinski definition) is 6. The first-order valence-corrected chi connectivity index (χ1v) is 49.9. The van der Waals surface area contributed by atoms with E-state index in [1.165, 1.54) is 80.8 Å². The summed E-state index contributed by atoms with van der Waals surface area (Å²) in [5.41, 5.74) is 19.0. The number of nitrogens with zero attached hydrogens (tertiary/aromatic N) is 3. The second kappa shape index (κ2) is 50.0. The van der Waals surface area contributed by atoms with Gasteiger partial charge in [0.2, 0.25) is 0 Å². The first-order chi connectivity index (χ1) is 52.1. The molecule has 3 radical (unpaired) electrons. The van der Waals surface area contributed by atoms with Crippen molar-refractivity contribution in [2.45, 2.75) is 279 Å². The molecule has 6 aromatic carbocycles. The Hall–Kier alpha value is -5.35. The molecule has 0 aliphatic heterocycles. The fourth-order valence-electron chi connectivity index (χ4n) is 16.5. The average Bonchev–Trinajstić information content (AvgIpc) is 0.754. The standard InChI is InChI=1S/C29H40NSi.C26H34NSi.C20H22NSi.C11H22O2.C9H18O2.C5H10O2.3Ir/c1-20(2)17-31(18-21(3)4,19-22(5)6)29-11-9-10-28-26(29)12-13-27(30-28)25-15-23(7)14-24(8)16-25;1-17(2)28(18(3)4,19(5)6)26-11-9-10-25-23(26)12-13-24(27-25)22-15-20(7)14-21(8)16-22;1-14-11-15(2)13-16(12-14)18-10-9-17-19(21-18)7-6-8-20(17)22(3,4)5;1-8(2)5-10(12)7-11(13)6-9(3)4;1-6(2)8(10)5-9(11)7(3)4;1-4(6)3-5(2)7;;;/h9-15,20-22H,17-19H2,1-8H3;9-15,17-19H,1-8H3;6-12H,1-5H3;7-10,12-13H,5-6H2,1-4H3;5-8,10-11H,1-4H3;3-4,6-7H,1-2H3;;;/q3*-1;;;;;;. The fraction of sp³-hybridized carbons (Fsp3) is 0.490. The summed E-state index contributed by atoms with van der Waals surface area (Å²) in [7, 11) is -4.78. The SMILES string of the molecule is CC(C)C(O)=CC(O)C(C)C.CC(C)CC(O)=CC(O)CC(C)C.CC(O)=CC(C)O.Cc1[c-]c(-c2ccc3c([Si](C(C)C)(C(C)C)C(C)C)cccc3n2)cc(C)c1.Cc1[c-]c(-c2ccc3c([Si](C)(C)C)cccc3n2)cc(C)c1.Cc1[c-]c(-c2ccc3c([Si](CC(C)C)(CC(C)C)CC(C)C)cccc3n2)cc(C)c1.[Ir].[Ir].[Ir]. The minimum Gasteiger partial charge on any atom is -0.513 e. The van der Waals surface area contributed by atoms with Crippen molar-refractivity contribution >= 4 is 72.5 Å². The van der Waals surface area contributed by atoms with E-state index in [1.807, 2.05) is 41.5 Å². The number of benzene rings is 6. The van der Waals surface area contributed by atoms with Crippen molar-refractivity contribution in [3.8, 4) is 33.8 Å². The Bertz CT molecular complexity index is 4420. The number of pyridine rings is 3. The van der Waals surface area contributed by atoms with Gasteiger partial charge in [-0.2, -0.15) is 0 Å². The predicted molar refractivity (Wildman–Crippen MR) is 495 cm³/mol. The summed E-state index contributed by atoms with van der Waals surface area (Å²) in [6, 6.07) is 61.1. The van der Waals surface area contributed by atoms with Gasteiger partial charge in [-0.15, -0.1) is 105 Å². The maximum Gasteiger partial charge on any atom is 0.0951 e. The van der Waals surface area contributed by atoms with Gasteiger partial charge in [-0.05, 0) is 147 Å². The summed E-state index contributed by atoms with van der Waals surface area (Å²) < 4.78 is 0. The molecule has 3 aromatic heterocycles. The Kier molecular flexibility index (Phi) is 46.8. The zero-order valence-corrected chi connectivity index (χ0v) is 86.1. The molecule has 639 valence electrons. The van der Waals surface area contributed by atoms with Crippen LogP contribution in [0.2, 0.25) is 54.4 Å². The van der Waals surface area contributed by atoms with Crippen LogP contribution in [0.1, 0.15) is 199 Å². The number of aliphatic hydroxyl groups excluding tert-OH is 6. The van der Waals surface area contributed by atoms with E-state index >= 15 is 0 Å². The Morgan fingerprint density at radius 1 is 0.409 bits per heavy atom. The van der Waals surface area contributed by atoms with Crippen molar-refractivity contribution < 1.29 is 91.0 Å². The van der Waals surface area contributed by atoms with Gasteiger partial charge in [0.05, 0.1) is 76.4 Å². The van der Waals surface area contributed by atoms with Crippen LogP contribution < -0.4 is 15.6 Å². The Morgan fingerprint density at radius 3 is 1.03 bits per heavy atom. The van der Waals surface area contributed by atoms with Crippen molar-refractivity contribution in [2.75, 3.05) is 0 Å². The summed E-state index contributed by atoms with van der Waals surface area (Å²) in [4.78, 5) is 15.1. The Labute approximate surface area is 741 Å². The number of hydrogen-bond acceptors (Lipinski definition) is 9.